The van der Waals surface area contributed by atoms with Gasteiger partial charge in [-0.15, -0.1) is 11.8 Å². The molecule has 8 heteroatoms. The third-order valence-corrected chi connectivity index (χ3v) is 5.33. The van der Waals surface area contributed by atoms with Crippen molar-refractivity contribution in [3.63, 3.8) is 0 Å². The molecule has 1 aliphatic heterocycles. The first kappa shape index (κ1) is 18.4. The van der Waals surface area contributed by atoms with Crippen LogP contribution in [0.15, 0.2) is 60.0 Å². The van der Waals surface area contributed by atoms with E-state index in [2.05, 4.69) is 15.4 Å². The molecule has 1 amide bonds. The van der Waals surface area contributed by atoms with E-state index < -0.39 is 0 Å². The summed E-state index contributed by atoms with van der Waals surface area (Å²) in [7, 11) is 0. The minimum atomic E-state index is -0.0850. The van der Waals surface area contributed by atoms with Gasteiger partial charge in [0.25, 0.3) is 0 Å². The number of rotatable bonds is 6. The molecule has 0 radical (unpaired) electrons. The smallest absolute Gasteiger partial charge is 0.230 e. The van der Waals surface area contributed by atoms with E-state index in [0.717, 1.165) is 27.6 Å². The first-order valence-electron chi connectivity index (χ1n) is 8.96. The largest absolute Gasteiger partial charge is 0.486 e. The Morgan fingerprint density at radius 3 is 2.71 bits per heavy atom. The Balaban J connectivity index is 1.31. The van der Waals surface area contributed by atoms with Crippen molar-refractivity contribution >= 4 is 17.7 Å². The van der Waals surface area contributed by atoms with Crippen LogP contribution >= 0.6 is 11.8 Å². The predicted octanol–water partition coefficient (Wildman–Crippen LogP) is 3.01. The lowest BCUT2D eigenvalue weighted by Gasteiger charge is -2.19. The van der Waals surface area contributed by atoms with Gasteiger partial charge in [-0.05, 0) is 42.8 Å². The summed E-state index contributed by atoms with van der Waals surface area (Å²) in [5, 5.41) is 7.14. The van der Waals surface area contributed by atoms with Crippen molar-refractivity contribution in [2.24, 2.45) is 0 Å². The van der Waals surface area contributed by atoms with Crippen molar-refractivity contribution < 1.29 is 14.3 Å². The lowest BCUT2D eigenvalue weighted by molar-refractivity contribution is -0.119. The molecule has 0 aliphatic carbocycles. The van der Waals surface area contributed by atoms with Crippen LogP contribution in [0.2, 0.25) is 0 Å². The maximum absolute atomic E-state index is 12.3. The standard InChI is InChI=1S/C20H20N4O3S/c1-14(15-2-4-16(5-3-15)24-13-21-12-22-24)23-20(25)11-28-17-6-7-18-19(10-17)27-9-8-26-18/h2-7,10,12-14H,8-9,11H2,1H3,(H,23,25)/t14-/m1/s1. The van der Waals surface area contributed by atoms with E-state index in [4.69, 9.17) is 9.47 Å². The Labute approximate surface area is 167 Å². The first-order chi connectivity index (χ1) is 13.7. The second kappa shape index (κ2) is 8.35. The first-order valence-corrected chi connectivity index (χ1v) is 9.94. The van der Waals surface area contributed by atoms with Crippen LogP contribution in [0.25, 0.3) is 5.69 Å². The molecule has 1 N–H and O–H groups in total. The van der Waals surface area contributed by atoms with Crippen molar-refractivity contribution in [2.45, 2.75) is 17.9 Å². The summed E-state index contributed by atoms with van der Waals surface area (Å²) in [5.74, 6) is 1.80. The van der Waals surface area contributed by atoms with Gasteiger partial charge in [0, 0.05) is 4.90 Å². The third-order valence-electron chi connectivity index (χ3n) is 4.34. The monoisotopic (exact) mass is 396 g/mol. The van der Waals surface area contributed by atoms with Crippen LogP contribution in [0, 0.1) is 0 Å². The number of aromatic nitrogens is 3. The molecular weight excluding hydrogens is 376 g/mol. The molecule has 0 bridgehead atoms. The van der Waals surface area contributed by atoms with Gasteiger partial charge in [-0.2, -0.15) is 5.10 Å². The summed E-state index contributed by atoms with van der Waals surface area (Å²) in [6.45, 7) is 3.09. The molecule has 2 heterocycles. The quantitative estimate of drug-likeness (QED) is 0.646. The van der Waals surface area contributed by atoms with Gasteiger partial charge in [-0.25, -0.2) is 9.67 Å². The summed E-state index contributed by atoms with van der Waals surface area (Å²) in [6.07, 6.45) is 3.14. The number of fused-ring (bicyclic) bond motifs is 1. The average Bonchev–Trinajstić information content (AvgIpc) is 3.27. The van der Waals surface area contributed by atoms with E-state index in [1.807, 2.05) is 49.4 Å². The highest BCUT2D eigenvalue weighted by Crippen LogP contribution is 2.34. The molecule has 144 valence electrons. The zero-order chi connectivity index (χ0) is 19.3. The van der Waals surface area contributed by atoms with Gasteiger partial charge in [0.2, 0.25) is 5.91 Å². The maximum atomic E-state index is 12.3. The summed E-state index contributed by atoms with van der Waals surface area (Å²) >= 11 is 1.47. The molecule has 0 saturated carbocycles. The molecule has 4 rings (SSSR count). The second-order valence-corrected chi connectivity index (χ2v) is 7.36. The molecule has 0 fully saturated rings. The Morgan fingerprint density at radius 1 is 1.18 bits per heavy atom. The highest BCUT2D eigenvalue weighted by Gasteiger charge is 2.14. The fourth-order valence-corrected chi connectivity index (χ4v) is 3.62. The molecule has 0 unspecified atom stereocenters. The van der Waals surface area contributed by atoms with Crippen LogP contribution in [-0.4, -0.2) is 39.6 Å². The molecular formula is C20H20N4O3S. The molecule has 7 nitrogen and oxygen atoms in total. The average molecular weight is 396 g/mol. The molecule has 1 aliphatic rings. The van der Waals surface area contributed by atoms with Gasteiger partial charge in [0.1, 0.15) is 25.9 Å². The van der Waals surface area contributed by atoms with E-state index in [0.29, 0.717) is 19.0 Å². The van der Waals surface area contributed by atoms with Crippen LogP contribution in [-0.2, 0) is 4.79 Å². The summed E-state index contributed by atoms with van der Waals surface area (Å²) in [6, 6.07) is 13.5. The van der Waals surface area contributed by atoms with Gasteiger partial charge in [0.15, 0.2) is 11.5 Å². The summed E-state index contributed by atoms with van der Waals surface area (Å²) in [5.41, 5.74) is 1.95. The number of thioether (sulfide) groups is 1. The van der Waals surface area contributed by atoms with Crippen LogP contribution in [0.5, 0.6) is 11.5 Å². The lowest BCUT2D eigenvalue weighted by Crippen LogP contribution is -2.28. The lowest BCUT2D eigenvalue weighted by atomic mass is 10.1. The number of hydrogen-bond acceptors (Lipinski definition) is 6. The fourth-order valence-electron chi connectivity index (χ4n) is 2.89. The van der Waals surface area contributed by atoms with Crippen LogP contribution < -0.4 is 14.8 Å². The number of amides is 1. The number of nitrogens with one attached hydrogen (secondary N) is 1. The molecule has 1 aromatic heterocycles. The number of carbonyl (C=O) groups is 1. The van der Waals surface area contributed by atoms with E-state index in [1.54, 1.807) is 11.0 Å². The van der Waals surface area contributed by atoms with Gasteiger partial charge in [-0.1, -0.05) is 12.1 Å². The van der Waals surface area contributed by atoms with Crippen molar-refractivity contribution in [2.75, 3.05) is 19.0 Å². The van der Waals surface area contributed by atoms with E-state index in [9.17, 15) is 4.79 Å². The minimum absolute atomic E-state index is 0.0206. The highest BCUT2D eigenvalue weighted by molar-refractivity contribution is 8.00. The number of ether oxygens (including phenoxy) is 2. The zero-order valence-corrected chi connectivity index (χ0v) is 16.2. The molecule has 2 aromatic carbocycles. The summed E-state index contributed by atoms with van der Waals surface area (Å²) in [4.78, 5) is 17.3. The van der Waals surface area contributed by atoms with Gasteiger partial charge in [-0.3, -0.25) is 4.79 Å². The Hall–Kier alpha value is -3.00. The zero-order valence-electron chi connectivity index (χ0n) is 15.4. The Kier molecular flexibility index (Phi) is 5.48. The number of benzene rings is 2. The third kappa shape index (κ3) is 4.28. The van der Waals surface area contributed by atoms with E-state index in [-0.39, 0.29) is 11.9 Å². The maximum Gasteiger partial charge on any atom is 0.230 e. The van der Waals surface area contributed by atoms with Crippen LogP contribution in [0.3, 0.4) is 0 Å². The van der Waals surface area contributed by atoms with Crippen molar-refractivity contribution in [1.82, 2.24) is 20.1 Å². The second-order valence-electron chi connectivity index (χ2n) is 6.31. The minimum Gasteiger partial charge on any atom is -0.486 e. The fraction of sp³-hybridized carbons (Fsp3) is 0.250. The molecule has 28 heavy (non-hydrogen) atoms. The molecule has 0 saturated heterocycles. The van der Waals surface area contributed by atoms with Gasteiger partial charge < -0.3 is 14.8 Å². The number of hydrogen-bond donors (Lipinski definition) is 1. The number of nitrogens with zero attached hydrogens (tertiary/aromatic N) is 3. The highest BCUT2D eigenvalue weighted by atomic mass is 32.2. The van der Waals surface area contributed by atoms with E-state index in [1.165, 1.54) is 18.1 Å². The SMILES string of the molecule is C[C@@H](NC(=O)CSc1ccc2c(c1)OCCO2)c1ccc(-n2cncn2)cc1. The molecule has 0 spiro atoms. The van der Waals surface area contributed by atoms with E-state index >= 15 is 0 Å². The van der Waals surface area contributed by atoms with Gasteiger partial charge >= 0.3 is 0 Å². The Bertz CT molecular complexity index is 945. The van der Waals surface area contributed by atoms with Gasteiger partial charge in [0.05, 0.1) is 17.5 Å². The normalized spacial score (nSPS) is 13.8. The topological polar surface area (TPSA) is 78.3 Å². The summed E-state index contributed by atoms with van der Waals surface area (Å²) < 4.78 is 12.8. The predicted molar refractivity (Wildman–Crippen MR) is 106 cm³/mol. The molecule has 1 atom stereocenters. The molecule has 3 aromatic rings. The van der Waals surface area contributed by atoms with Crippen molar-refractivity contribution in [3.8, 4) is 17.2 Å². The van der Waals surface area contributed by atoms with Crippen molar-refractivity contribution in [1.29, 1.82) is 0 Å². The number of carbonyl (C=O) groups excluding carboxylic acids is 1. The van der Waals surface area contributed by atoms with Crippen molar-refractivity contribution in [3.05, 3.63) is 60.7 Å². The van der Waals surface area contributed by atoms with Crippen LogP contribution in [0.1, 0.15) is 18.5 Å². The Morgan fingerprint density at radius 2 is 1.96 bits per heavy atom. The van der Waals surface area contributed by atoms with Crippen LogP contribution in [0.4, 0.5) is 0 Å².